The highest BCUT2D eigenvalue weighted by atomic mass is 79.9. The van der Waals surface area contributed by atoms with Gasteiger partial charge in [-0.2, -0.15) is 0 Å². The van der Waals surface area contributed by atoms with E-state index in [4.69, 9.17) is 34.8 Å². The molecule has 0 unspecified atom stereocenters. The minimum atomic E-state index is -0.578. The Morgan fingerprint density at radius 1 is 1.10 bits per heavy atom. The summed E-state index contributed by atoms with van der Waals surface area (Å²) in [5, 5.41) is 3.08. The molecule has 0 spiro atoms. The molecule has 1 N–H and O–H groups in total. The third-order valence-corrected chi connectivity index (χ3v) is 3.91. The van der Waals surface area contributed by atoms with Gasteiger partial charge in [-0.1, -0.05) is 34.8 Å². The SMILES string of the molecule is O=C(Nc1c(Cl)cc(F)cc1Cl)c1ccc(Cl)cc1Br. The maximum absolute atomic E-state index is 13.1. The summed E-state index contributed by atoms with van der Waals surface area (Å²) in [6.07, 6.45) is 0. The van der Waals surface area contributed by atoms with E-state index in [2.05, 4.69) is 21.2 Å². The second-order valence-electron chi connectivity index (χ2n) is 3.82. The predicted octanol–water partition coefficient (Wildman–Crippen LogP) is 5.80. The molecule has 2 rings (SSSR count). The lowest BCUT2D eigenvalue weighted by Gasteiger charge is -2.10. The number of hydrogen-bond acceptors (Lipinski definition) is 1. The zero-order chi connectivity index (χ0) is 14.9. The number of halogens is 5. The lowest BCUT2D eigenvalue weighted by Crippen LogP contribution is -2.13. The number of carbonyl (C=O) groups is 1. The highest BCUT2D eigenvalue weighted by molar-refractivity contribution is 9.10. The maximum Gasteiger partial charge on any atom is 0.256 e. The largest absolute Gasteiger partial charge is 0.319 e. The van der Waals surface area contributed by atoms with Crippen LogP contribution in [0.4, 0.5) is 10.1 Å². The topological polar surface area (TPSA) is 29.1 Å². The molecule has 0 aliphatic carbocycles. The number of benzene rings is 2. The average molecular weight is 397 g/mol. The van der Waals surface area contributed by atoms with Gasteiger partial charge in [-0.05, 0) is 46.3 Å². The summed E-state index contributed by atoms with van der Waals surface area (Å²) < 4.78 is 13.6. The van der Waals surface area contributed by atoms with Crippen LogP contribution in [-0.2, 0) is 0 Å². The van der Waals surface area contributed by atoms with Gasteiger partial charge in [0.25, 0.3) is 5.91 Å². The molecule has 0 saturated carbocycles. The average Bonchev–Trinajstić information content (AvgIpc) is 2.33. The summed E-state index contributed by atoms with van der Waals surface area (Å²) in [5.41, 5.74) is 0.507. The Morgan fingerprint density at radius 3 is 2.25 bits per heavy atom. The molecular weight excluding hydrogens is 391 g/mol. The molecule has 2 aromatic carbocycles. The van der Waals surface area contributed by atoms with Gasteiger partial charge in [-0.25, -0.2) is 4.39 Å². The minimum absolute atomic E-state index is 0.0217. The molecule has 2 nitrogen and oxygen atoms in total. The number of rotatable bonds is 2. The zero-order valence-electron chi connectivity index (χ0n) is 9.68. The van der Waals surface area contributed by atoms with Gasteiger partial charge >= 0.3 is 0 Å². The van der Waals surface area contributed by atoms with E-state index in [1.54, 1.807) is 18.2 Å². The Hall–Kier alpha value is -0.810. The lowest BCUT2D eigenvalue weighted by atomic mass is 10.2. The fraction of sp³-hybridized carbons (Fsp3) is 0. The fourth-order valence-electron chi connectivity index (χ4n) is 1.52. The number of nitrogens with one attached hydrogen (secondary N) is 1. The van der Waals surface area contributed by atoms with Gasteiger partial charge in [0.1, 0.15) is 5.82 Å². The van der Waals surface area contributed by atoms with Crippen LogP contribution in [0.25, 0.3) is 0 Å². The molecule has 2 aromatic rings. The predicted molar refractivity (Wildman–Crippen MR) is 83.5 cm³/mol. The van der Waals surface area contributed by atoms with E-state index in [0.717, 1.165) is 12.1 Å². The smallest absolute Gasteiger partial charge is 0.256 e. The van der Waals surface area contributed by atoms with Gasteiger partial charge < -0.3 is 5.32 Å². The third-order valence-electron chi connectivity index (χ3n) is 2.42. The van der Waals surface area contributed by atoms with Gasteiger partial charge in [0.05, 0.1) is 21.3 Å². The normalized spacial score (nSPS) is 10.4. The number of amides is 1. The molecule has 0 saturated heterocycles. The fourth-order valence-corrected chi connectivity index (χ4v) is 2.93. The molecule has 7 heteroatoms. The van der Waals surface area contributed by atoms with E-state index >= 15 is 0 Å². The van der Waals surface area contributed by atoms with Crippen molar-refractivity contribution in [2.45, 2.75) is 0 Å². The van der Waals surface area contributed by atoms with Crippen LogP contribution in [0.2, 0.25) is 15.1 Å². The van der Waals surface area contributed by atoms with Crippen LogP contribution in [0, 0.1) is 5.82 Å². The number of carbonyl (C=O) groups excluding carboxylic acids is 1. The molecule has 0 fully saturated rings. The lowest BCUT2D eigenvalue weighted by molar-refractivity contribution is 0.102. The summed E-state index contributed by atoms with van der Waals surface area (Å²) in [5.74, 6) is -1.02. The van der Waals surface area contributed by atoms with Crippen molar-refractivity contribution in [1.82, 2.24) is 0 Å². The second-order valence-corrected chi connectivity index (χ2v) is 5.93. The molecular formula is C13H6BrCl3FNO. The van der Waals surface area contributed by atoms with E-state index in [-0.39, 0.29) is 15.7 Å². The number of anilines is 1. The Morgan fingerprint density at radius 2 is 1.70 bits per heavy atom. The standard InChI is InChI=1S/C13H6BrCl3FNO/c14-9-3-6(15)1-2-8(9)13(20)19-12-10(16)4-7(18)5-11(12)17/h1-5H,(H,19,20). The molecule has 0 aliphatic heterocycles. The first-order valence-electron chi connectivity index (χ1n) is 5.29. The van der Waals surface area contributed by atoms with Crippen molar-refractivity contribution in [2.24, 2.45) is 0 Å². The van der Waals surface area contributed by atoms with E-state index in [1.165, 1.54) is 0 Å². The van der Waals surface area contributed by atoms with Gasteiger partial charge in [-0.15, -0.1) is 0 Å². The van der Waals surface area contributed by atoms with Crippen LogP contribution in [0.1, 0.15) is 10.4 Å². The Bertz CT molecular complexity index is 670. The van der Waals surface area contributed by atoms with Crippen molar-refractivity contribution in [2.75, 3.05) is 5.32 Å². The summed E-state index contributed by atoms with van der Waals surface area (Å²) >= 11 is 20.8. The van der Waals surface area contributed by atoms with Gasteiger partial charge in [0, 0.05) is 9.50 Å². The molecule has 0 radical (unpaired) electrons. The van der Waals surface area contributed by atoms with Crippen molar-refractivity contribution in [1.29, 1.82) is 0 Å². The first-order valence-corrected chi connectivity index (χ1v) is 7.22. The minimum Gasteiger partial charge on any atom is -0.319 e. The molecule has 0 atom stereocenters. The van der Waals surface area contributed by atoms with E-state index < -0.39 is 11.7 Å². The second kappa shape index (κ2) is 6.31. The molecule has 0 heterocycles. The van der Waals surface area contributed by atoms with Crippen LogP contribution >= 0.6 is 50.7 Å². The Balaban J connectivity index is 2.33. The van der Waals surface area contributed by atoms with Crippen LogP contribution in [0.15, 0.2) is 34.8 Å². The van der Waals surface area contributed by atoms with Crippen LogP contribution in [0.3, 0.4) is 0 Å². The highest BCUT2D eigenvalue weighted by Crippen LogP contribution is 2.32. The van der Waals surface area contributed by atoms with Crippen molar-refractivity contribution < 1.29 is 9.18 Å². The van der Waals surface area contributed by atoms with Crippen molar-refractivity contribution in [3.05, 3.63) is 61.3 Å². The number of hydrogen-bond donors (Lipinski definition) is 1. The Labute approximate surface area is 138 Å². The van der Waals surface area contributed by atoms with Crippen LogP contribution in [0.5, 0.6) is 0 Å². The molecule has 0 aromatic heterocycles. The molecule has 20 heavy (non-hydrogen) atoms. The van der Waals surface area contributed by atoms with Gasteiger partial charge in [0.15, 0.2) is 0 Å². The monoisotopic (exact) mass is 395 g/mol. The van der Waals surface area contributed by atoms with E-state index in [0.29, 0.717) is 15.1 Å². The summed E-state index contributed by atoms with van der Waals surface area (Å²) in [6.45, 7) is 0. The summed E-state index contributed by atoms with van der Waals surface area (Å²) in [4.78, 5) is 12.1. The molecule has 104 valence electrons. The third kappa shape index (κ3) is 3.44. The van der Waals surface area contributed by atoms with E-state index in [9.17, 15) is 9.18 Å². The maximum atomic E-state index is 13.1. The molecule has 0 aliphatic rings. The summed E-state index contributed by atoms with van der Waals surface area (Å²) in [6, 6.07) is 6.85. The van der Waals surface area contributed by atoms with Gasteiger partial charge in [0.2, 0.25) is 0 Å². The highest BCUT2D eigenvalue weighted by Gasteiger charge is 2.15. The van der Waals surface area contributed by atoms with Crippen LogP contribution in [-0.4, -0.2) is 5.91 Å². The first kappa shape index (κ1) is 15.6. The van der Waals surface area contributed by atoms with Crippen molar-refractivity contribution >= 4 is 62.3 Å². The Kier molecular flexibility index (Phi) is 4.91. The quantitative estimate of drug-likeness (QED) is 0.682. The van der Waals surface area contributed by atoms with Crippen molar-refractivity contribution in [3.63, 3.8) is 0 Å². The van der Waals surface area contributed by atoms with Crippen molar-refractivity contribution in [3.8, 4) is 0 Å². The first-order chi connectivity index (χ1) is 9.38. The van der Waals surface area contributed by atoms with E-state index in [1.807, 2.05) is 0 Å². The molecule has 1 amide bonds. The van der Waals surface area contributed by atoms with Crippen LogP contribution < -0.4 is 5.32 Å². The summed E-state index contributed by atoms with van der Waals surface area (Å²) in [7, 11) is 0. The van der Waals surface area contributed by atoms with Gasteiger partial charge in [-0.3, -0.25) is 4.79 Å². The molecule has 0 bridgehead atoms. The zero-order valence-corrected chi connectivity index (χ0v) is 13.5.